The van der Waals surface area contributed by atoms with Gasteiger partial charge >= 0.3 is 11.9 Å². The molecule has 0 aliphatic heterocycles. The van der Waals surface area contributed by atoms with Crippen molar-refractivity contribution in [2.24, 2.45) is 0 Å². The second kappa shape index (κ2) is 41.1. The highest BCUT2D eigenvalue weighted by Crippen LogP contribution is 2.38. The van der Waals surface area contributed by atoms with Gasteiger partial charge in [0.1, 0.15) is 19.8 Å². The maximum Gasteiger partial charge on any atom is 0.306 e. The molecule has 9 nitrogen and oxygen atoms in total. The van der Waals surface area contributed by atoms with Gasteiger partial charge in [-0.15, -0.1) is 0 Å². The molecule has 0 bridgehead atoms. The third-order valence-corrected chi connectivity index (χ3v) is 11.7. The Labute approximate surface area is 358 Å². The highest BCUT2D eigenvalue weighted by atomic mass is 31.2. The molecule has 0 aromatic heterocycles. The smallest absolute Gasteiger partial charge is 0.306 e. The molecule has 0 aromatic carbocycles. The Bertz CT molecular complexity index is 1000. The number of esters is 2. The van der Waals surface area contributed by atoms with Crippen molar-refractivity contribution in [2.75, 3.05) is 47.5 Å². The fourth-order valence-electron chi connectivity index (χ4n) is 6.95. The van der Waals surface area contributed by atoms with Crippen LogP contribution in [0, 0.1) is 0 Å². The summed E-state index contributed by atoms with van der Waals surface area (Å²) in [4.78, 5) is 37.6. The molecule has 0 spiro atoms. The minimum Gasteiger partial charge on any atom is -0.756 e. The summed E-state index contributed by atoms with van der Waals surface area (Å²) in [6, 6.07) is 0. The zero-order valence-corrected chi connectivity index (χ0v) is 39.7. The quantitative estimate of drug-likeness (QED) is 0.0196. The van der Waals surface area contributed by atoms with E-state index >= 15 is 0 Å². The maximum atomic E-state index is 12.7. The number of carbonyl (C=O) groups excluding carboxylic acids is 2. The molecule has 344 valence electrons. The molecule has 58 heavy (non-hydrogen) atoms. The van der Waals surface area contributed by atoms with Crippen molar-refractivity contribution in [3.8, 4) is 0 Å². The molecule has 10 heteroatoms. The van der Waals surface area contributed by atoms with E-state index in [4.69, 9.17) is 18.5 Å². The minimum absolute atomic E-state index is 0.0297. The van der Waals surface area contributed by atoms with E-state index in [1.165, 1.54) is 154 Å². The number of hydrogen-bond donors (Lipinski definition) is 0. The number of rotatable bonds is 45. The first kappa shape index (κ1) is 56.8. The molecule has 0 aliphatic carbocycles. The van der Waals surface area contributed by atoms with Gasteiger partial charge in [-0.1, -0.05) is 193 Å². The van der Waals surface area contributed by atoms with Crippen LogP contribution in [0.1, 0.15) is 232 Å². The fourth-order valence-corrected chi connectivity index (χ4v) is 7.67. The van der Waals surface area contributed by atoms with Gasteiger partial charge in [0.2, 0.25) is 0 Å². The van der Waals surface area contributed by atoms with Crippen LogP contribution in [0.15, 0.2) is 12.2 Å². The van der Waals surface area contributed by atoms with E-state index in [9.17, 15) is 19.0 Å². The van der Waals surface area contributed by atoms with Gasteiger partial charge in [-0.3, -0.25) is 14.2 Å². The van der Waals surface area contributed by atoms with Gasteiger partial charge in [0, 0.05) is 12.8 Å². The second-order valence-electron chi connectivity index (χ2n) is 17.8. The summed E-state index contributed by atoms with van der Waals surface area (Å²) in [5, 5.41) is 0. The number of allylic oxidation sites excluding steroid dienone is 2. The summed E-state index contributed by atoms with van der Waals surface area (Å²) in [5.74, 6) is -0.841. The first-order chi connectivity index (χ1) is 28.0. The summed E-state index contributed by atoms with van der Waals surface area (Å²) in [5.41, 5.74) is 0. The molecule has 0 saturated carbocycles. The summed E-state index contributed by atoms with van der Waals surface area (Å²) in [6.45, 7) is 4.24. The number of hydrogen-bond acceptors (Lipinski definition) is 8. The van der Waals surface area contributed by atoms with Crippen molar-refractivity contribution in [1.82, 2.24) is 0 Å². The van der Waals surface area contributed by atoms with Crippen LogP contribution in [0.25, 0.3) is 0 Å². The number of carbonyl (C=O) groups is 2. The lowest BCUT2D eigenvalue weighted by Gasteiger charge is -2.28. The highest BCUT2D eigenvalue weighted by molar-refractivity contribution is 7.45. The van der Waals surface area contributed by atoms with Crippen LogP contribution in [0.4, 0.5) is 0 Å². The molecule has 0 aromatic rings. The number of likely N-dealkylation sites (N-methyl/N-ethyl adjacent to an activating group) is 1. The predicted molar refractivity (Wildman–Crippen MR) is 241 cm³/mol. The Morgan fingerprint density at radius 2 is 0.879 bits per heavy atom. The standard InChI is InChI=1S/C48H94NO8P/c1-6-8-10-12-14-16-18-20-21-22-23-24-25-26-27-29-31-33-35-37-39-41-48(51)57-46(45-56-58(52,53)55-43-42-49(3,4)5)44-54-47(50)40-38-36-34-32-30-28-19-17-15-13-11-9-7-2/h28,30,46H,6-27,29,31-45H2,1-5H3/b30-28+/t46-/m1/s1. The topological polar surface area (TPSA) is 111 Å². The minimum atomic E-state index is -4.62. The normalized spacial score (nSPS) is 13.6. The van der Waals surface area contributed by atoms with Gasteiger partial charge in [0.25, 0.3) is 7.82 Å². The largest absolute Gasteiger partial charge is 0.756 e. The monoisotopic (exact) mass is 844 g/mol. The number of nitrogens with zero attached hydrogens (tertiary/aromatic N) is 1. The Kier molecular flexibility index (Phi) is 40.2. The molecule has 1 unspecified atom stereocenters. The van der Waals surface area contributed by atoms with Gasteiger partial charge in [-0.25, -0.2) is 0 Å². The SMILES string of the molecule is CCCCCCCC/C=C/CCCCCC(=O)OC[C@H](COP(=O)([O-])OCC[N+](C)(C)C)OC(=O)CCCCCCCCCCCCCCCCCCCCCCC. The van der Waals surface area contributed by atoms with Gasteiger partial charge < -0.3 is 27.9 Å². The van der Waals surface area contributed by atoms with E-state index in [0.717, 1.165) is 38.5 Å². The van der Waals surface area contributed by atoms with E-state index in [1.807, 2.05) is 21.1 Å². The molecule has 0 aliphatic rings. The number of quaternary nitrogens is 1. The Hall–Kier alpha value is -1.25. The zero-order valence-electron chi connectivity index (χ0n) is 38.8. The van der Waals surface area contributed by atoms with Gasteiger partial charge in [-0.2, -0.15) is 0 Å². The van der Waals surface area contributed by atoms with Crippen LogP contribution in [-0.4, -0.2) is 70.0 Å². The summed E-state index contributed by atoms with van der Waals surface area (Å²) >= 11 is 0. The molecule has 2 atom stereocenters. The van der Waals surface area contributed by atoms with Crippen molar-refractivity contribution in [3.05, 3.63) is 12.2 Å². The van der Waals surface area contributed by atoms with E-state index in [-0.39, 0.29) is 26.1 Å². The molecule has 0 radical (unpaired) electrons. The van der Waals surface area contributed by atoms with Gasteiger partial charge in [0.05, 0.1) is 27.7 Å². The molecular weight excluding hydrogens is 750 g/mol. The number of ether oxygens (including phenoxy) is 2. The van der Waals surface area contributed by atoms with Crippen LogP contribution in [0.2, 0.25) is 0 Å². The van der Waals surface area contributed by atoms with Gasteiger partial charge in [-0.05, 0) is 38.5 Å². The Morgan fingerprint density at radius 3 is 1.29 bits per heavy atom. The molecule has 0 rings (SSSR count). The van der Waals surface area contributed by atoms with Crippen molar-refractivity contribution < 1.29 is 42.1 Å². The average molecular weight is 844 g/mol. The first-order valence-electron chi connectivity index (χ1n) is 24.4. The number of phosphoric ester groups is 1. The Morgan fingerprint density at radius 1 is 0.517 bits per heavy atom. The van der Waals surface area contributed by atoms with Crippen molar-refractivity contribution >= 4 is 19.8 Å². The molecule has 0 N–H and O–H groups in total. The summed E-state index contributed by atoms with van der Waals surface area (Å²) < 4.78 is 34.0. The van der Waals surface area contributed by atoms with Crippen LogP contribution < -0.4 is 4.89 Å². The lowest BCUT2D eigenvalue weighted by Crippen LogP contribution is -2.37. The lowest BCUT2D eigenvalue weighted by molar-refractivity contribution is -0.870. The van der Waals surface area contributed by atoms with Crippen LogP contribution in [-0.2, 0) is 32.7 Å². The summed E-state index contributed by atoms with van der Waals surface area (Å²) in [7, 11) is 1.17. The average Bonchev–Trinajstić information content (AvgIpc) is 3.17. The van der Waals surface area contributed by atoms with Crippen LogP contribution >= 0.6 is 7.82 Å². The van der Waals surface area contributed by atoms with Crippen molar-refractivity contribution in [2.45, 2.75) is 238 Å². The van der Waals surface area contributed by atoms with E-state index in [0.29, 0.717) is 23.9 Å². The van der Waals surface area contributed by atoms with Crippen LogP contribution in [0.5, 0.6) is 0 Å². The third kappa shape index (κ3) is 44.3. The van der Waals surface area contributed by atoms with E-state index in [1.54, 1.807) is 0 Å². The lowest BCUT2D eigenvalue weighted by atomic mass is 10.0. The van der Waals surface area contributed by atoms with Crippen molar-refractivity contribution in [1.29, 1.82) is 0 Å². The maximum absolute atomic E-state index is 12.7. The van der Waals surface area contributed by atoms with E-state index in [2.05, 4.69) is 26.0 Å². The molecule has 0 amide bonds. The third-order valence-electron chi connectivity index (χ3n) is 10.8. The molecule has 0 saturated heterocycles. The second-order valence-corrected chi connectivity index (χ2v) is 19.2. The van der Waals surface area contributed by atoms with Gasteiger partial charge in [0.15, 0.2) is 6.10 Å². The molecular formula is C48H94NO8P. The number of phosphoric acid groups is 1. The van der Waals surface area contributed by atoms with Crippen molar-refractivity contribution in [3.63, 3.8) is 0 Å². The van der Waals surface area contributed by atoms with E-state index < -0.39 is 32.5 Å². The van der Waals surface area contributed by atoms with Crippen LogP contribution in [0.3, 0.4) is 0 Å². The first-order valence-corrected chi connectivity index (χ1v) is 25.9. The predicted octanol–water partition coefficient (Wildman–Crippen LogP) is 13.5. The molecule has 0 fully saturated rings. The molecule has 0 heterocycles. The Balaban J connectivity index is 4.23. The number of unbranched alkanes of at least 4 members (excludes halogenated alkanes) is 29. The highest BCUT2D eigenvalue weighted by Gasteiger charge is 2.21. The summed E-state index contributed by atoms with van der Waals surface area (Å²) in [6.07, 6.45) is 43.9. The fraction of sp³-hybridized carbons (Fsp3) is 0.917. The zero-order chi connectivity index (χ0) is 42.8.